The van der Waals surface area contributed by atoms with Gasteiger partial charge in [-0.05, 0) is 24.3 Å². The minimum atomic E-state index is -3.13. The van der Waals surface area contributed by atoms with Gasteiger partial charge >= 0.3 is 8.25 Å². The molecule has 2 N–H and O–H groups in total. The molecule has 0 saturated carbocycles. The number of hydrogen-bond acceptors (Lipinski definition) is 2. The molecule has 2 aromatic rings. The van der Waals surface area contributed by atoms with Crippen LogP contribution in [-0.4, -0.2) is 9.79 Å². The Morgan fingerprint density at radius 2 is 1.06 bits per heavy atom. The average molecular weight is 252 g/mol. The van der Waals surface area contributed by atoms with Gasteiger partial charge in [0, 0.05) is 0 Å². The highest BCUT2D eigenvalue weighted by Gasteiger charge is 1.92. The van der Waals surface area contributed by atoms with Crippen LogP contribution in [0.15, 0.2) is 60.7 Å². The molecule has 5 heteroatoms. The van der Waals surface area contributed by atoms with Crippen molar-refractivity contribution in [2.24, 2.45) is 0 Å². The molecule has 0 spiro atoms. The third-order valence-electron chi connectivity index (χ3n) is 1.72. The first-order valence-corrected chi connectivity index (χ1v) is 6.18. The van der Waals surface area contributed by atoms with Crippen molar-refractivity contribution in [3.05, 3.63) is 60.7 Å². The molecule has 2 aromatic carbocycles. The Bertz CT molecular complexity index is 403. The van der Waals surface area contributed by atoms with Crippen LogP contribution in [0.1, 0.15) is 0 Å². The molecule has 0 amide bonds. The molecule has 0 aromatic heterocycles. The van der Waals surface area contributed by atoms with E-state index < -0.39 is 8.25 Å². The highest BCUT2D eigenvalue weighted by atomic mass is 31.1. The number of ether oxygens (including phenoxy) is 1. The van der Waals surface area contributed by atoms with Gasteiger partial charge < -0.3 is 14.5 Å². The van der Waals surface area contributed by atoms with E-state index in [0.29, 0.717) is 0 Å². The third kappa shape index (κ3) is 6.53. The first kappa shape index (κ1) is 13.5. The summed E-state index contributed by atoms with van der Waals surface area (Å²) in [4.78, 5) is 14.3. The molecular formula is C12H13O4P. The smallest absolute Gasteiger partial charge is 0.314 e. The fourth-order valence-electron chi connectivity index (χ4n) is 1.11. The molecule has 0 atom stereocenters. The molecule has 0 unspecified atom stereocenters. The van der Waals surface area contributed by atoms with Crippen molar-refractivity contribution in [3.8, 4) is 11.5 Å². The lowest BCUT2D eigenvalue weighted by atomic mass is 10.3. The van der Waals surface area contributed by atoms with Crippen molar-refractivity contribution in [1.29, 1.82) is 0 Å². The maximum absolute atomic E-state index is 8.74. The summed E-state index contributed by atoms with van der Waals surface area (Å²) in [6.07, 6.45) is 0. The van der Waals surface area contributed by atoms with Crippen LogP contribution >= 0.6 is 8.25 Å². The number of para-hydroxylation sites is 2. The second-order valence-corrected chi connectivity index (χ2v) is 3.58. The van der Waals surface area contributed by atoms with Gasteiger partial charge in [-0.1, -0.05) is 36.4 Å². The van der Waals surface area contributed by atoms with E-state index in [2.05, 4.69) is 0 Å². The summed E-state index contributed by atoms with van der Waals surface area (Å²) in [6.45, 7) is 0. The van der Waals surface area contributed by atoms with Gasteiger partial charge in [0.25, 0.3) is 0 Å². The second-order valence-electron chi connectivity index (χ2n) is 3.01. The van der Waals surface area contributed by atoms with Gasteiger partial charge in [-0.2, -0.15) is 0 Å². The van der Waals surface area contributed by atoms with E-state index >= 15 is 0 Å². The Balaban J connectivity index is 0.000000317. The van der Waals surface area contributed by atoms with Crippen LogP contribution < -0.4 is 4.74 Å². The van der Waals surface area contributed by atoms with Gasteiger partial charge in [-0.25, -0.2) is 0 Å². The van der Waals surface area contributed by atoms with Gasteiger partial charge in [0.15, 0.2) is 0 Å². The van der Waals surface area contributed by atoms with E-state index in [9.17, 15) is 0 Å². The Morgan fingerprint density at radius 1 is 0.765 bits per heavy atom. The third-order valence-corrected chi connectivity index (χ3v) is 1.72. The number of benzene rings is 2. The summed E-state index contributed by atoms with van der Waals surface area (Å²) >= 11 is 0. The molecule has 0 aliphatic rings. The molecule has 17 heavy (non-hydrogen) atoms. The van der Waals surface area contributed by atoms with E-state index in [1.165, 1.54) is 0 Å². The van der Waals surface area contributed by atoms with E-state index in [0.717, 1.165) is 11.5 Å². The second kappa shape index (κ2) is 7.63. The molecular weight excluding hydrogens is 239 g/mol. The van der Waals surface area contributed by atoms with Gasteiger partial charge in [0.2, 0.25) is 0 Å². The highest BCUT2D eigenvalue weighted by molar-refractivity contribution is 7.30. The van der Waals surface area contributed by atoms with Crippen LogP contribution in [0.4, 0.5) is 0 Å². The highest BCUT2D eigenvalue weighted by Crippen LogP contribution is 2.19. The zero-order chi connectivity index (χ0) is 12.5. The quantitative estimate of drug-likeness (QED) is 0.806. The van der Waals surface area contributed by atoms with Crippen molar-refractivity contribution in [1.82, 2.24) is 0 Å². The first-order valence-electron chi connectivity index (χ1n) is 4.88. The minimum Gasteiger partial charge on any atom is -0.457 e. The van der Waals surface area contributed by atoms with Crippen molar-refractivity contribution < 1.29 is 19.1 Å². The van der Waals surface area contributed by atoms with Gasteiger partial charge in [-0.15, -0.1) is 0 Å². The lowest BCUT2D eigenvalue weighted by Gasteiger charge is -2.03. The van der Waals surface area contributed by atoms with Crippen LogP contribution in [0.25, 0.3) is 0 Å². The molecule has 2 rings (SSSR count). The normalized spacial score (nSPS) is 9.35. The topological polar surface area (TPSA) is 66.8 Å². The fraction of sp³-hybridized carbons (Fsp3) is 0. The zero-order valence-corrected chi connectivity index (χ0v) is 9.98. The predicted molar refractivity (Wildman–Crippen MR) is 66.4 cm³/mol. The largest absolute Gasteiger partial charge is 0.457 e. The molecule has 0 aliphatic carbocycles. The minimum absolute atomic E-state index is 0.869. The molecule has 90 valence electrons. The maximum atomic E-state index is 8.74. The van der Waals surface area contributed by atoms with E-state index in [1.807, 2.05) is 60.7 Å². The standard InChI is InChI=1S/C12H10O.H3O3P/c1-3-7-11(8-4-1)13-12-9-5-2-6-10-12;1-4(2)3/h1-10H;4H,(H2,1,2,3). The summed E-state index contributed by atoms with van der Waals surface area (Å²) in [5.41, 5.74) is 0. The Morgan fingerprint density at radius 3 is 1.35 bits per heavy atom. The first-order chi connectivity index (χ1) is 8.18. The van der Waals surface area contributed by atoms with Crippen LogP contribution in [-0.2, 0) is 4.57 Å². The van der Waals surface area contributed by atoms with E-state index in [-0.39, 0.29) is 0 Å². The molecule has 0 heterocycles. The van der Waals surface area contributed by atoms with Crippen LogP contribution in [0.3, 0.4) is 0 Å². The Labute approximate surface area is 100 Å². The monoisotopic (exact) mass is 252 g/mol. The summed E-state index contributed by atoms with van der Waals surface area (Å²) in [5, 5.41) is 0. The summed E-state index contributed by atoms with van der Waals surface area (Å²) in [7, 11) is -3.13. The van der Waals surface area contributed by atoms with Crippen molar-refractivity contribution in [3.63, 3.8) is 0 Å². The fourth-order valence-corrected chi connectivity index (χ4v) is 1.11. The molecule has 4 nitrogen and oxygen atoms in total. The number of hydrogen-bond donors (Lipinski definition) is 2. The zero-order valence-electron chi connectivity index (χ0n) is 8.98. The lowest BCUT2D eigenvalue weighted by molar-refractivity contribution is 0.405. The average Bonchev–Trinajstić information content (AvgIpc) is 2.31. The lowest BCUT2D eigenvalue weighted by Crippen LogP contribution is -1.81. The van der Waals surface area contributed by atoms with E-state index in [1.54, 1.807) is 0 Å². The Kier molecular flexibility index (Phi) is 6.04. The summed E-state index contributed by atoms with van der Waals surface area (Å²) in [6, 6.07) is 19.5. The van der Waals surface area contributed by atoms with Crippen LogP contribution in [0, 0.1) is 0 Å². The molecule has 0 aliphatic heterocycles. The molecule has 0 radical (unpaired) electrons. The summed E-state index contributed by atoms with van der Waals surface area (Å²) in [5.74, 6) is 1.74. The molecule has 0 saturated heterocycles. The van der Waals surface area contributed by atoms with Gasteiger partial charge in [0.05, 0.1) is 0 Å². The van der Waals surface area contributed by atoms with Crippen LogP contribution in [0.2, 0.25) is 0 Å². The maximum Gasteiger partial charge on any atom is 0.314 e. The number of rotatable bonds is 2. The SMILES string of the molecule is O=[PH](O)O.c1ccc(Oc2ccccc2)cc1. The van der Waals surface area contributed by atoms with Crippen LogP contribution in [0.5, 0.6) is 11.5 Å². The summed E-state index contributed by atoms with van der Waals surface area (Å²) < 4.78 is 14.3. The van der Waals surface area contributed by atoms with E-state index in [4.69, 9.17) is 19.1 Å². The van der Waals surface area contributed by atoms with Crippen molar-refractivity contribution in [2.75, 3.05) is 0 Å². The van der Waals surface area contributed by atoms with Crippen molar-refractivity contribution in [2.45, 2.75) is 0 Å². The molecule has 0 fully saturated rings. The molecule has 0 bridgehead atoms. The van der Waals surface area contributed by atoms with Gasteiger partial charge in [0.1, 0.15) is 11.5 Å². The predicted octanol–water partition coefficient (Wildman–Crippen LogP) is 2.84. The van der Waals surface area contributed by atoms with Crippen molar-refractivity contribution >= 4 is 8.25 Å². The van der Waals surface area contributed by atoms with Gasteiger partial charge in [-0.3, -0.25) is 4.57 Å². The Hall–Kier alpha value is -1.61.